The first kappa shape index (κ1) is 13.9. The highest BCUT2D eigenvalue weighted by atomic mass is 16.3. The number of hydrogen-bond acceptors (Lipinski definition) is 2. The van der Waals surface area contributed by atoms with Gasteiger partial charge in [-0.25, -0.2) is 0 Å². The Morgan fingerprint density at radius 3 is 2.48 bits per heavy atom. The first-order valence-corrected chi connectivity index (χ1v) is 7.22. The lowest BCUT2D eigenvalue weighted by Gasteiger charge is -2.08. The average Bonchev–Trinajstić information content (AvgIpc) is 2.93. The molecule has 0 aliphatic heterocycles. The van der Waals surface area contributed by atoms with Crippen molar-refractivity contribution in [2.75, 3.05) is 7.05 Å². The van der Waals surface area contributed by atoms with Crippen molar-refractivity contribution < 1.29 is 5.11 Å². The van der Waals surface area contributed by atoms with Gasteiger partial charge in [0.2, 0.25) is 0 Å². The van der Waals surface area contributed by atoms with Crippen LogP contribution in [-0.2, 0) is 19.7 Å². The Kier molecular flexibility index (Phi) is 4.04. The summed E-state index contributed by atoms with van der Waals surface area (Å²) in [5, 5.41) is 13.6. The van der Waals surface area contributed by atoms with Gasteiger partial charge in [0, 0.05) is 30.2 Å². The lowest BCUT2D eigenvalue weighted by Crippen LogP contribution is -2.05. The molecule has 0 saturated carbocycles. The Labute approximate surface area is 124 Å². The van der Waals surface area contributed by atoms with E-state index in [0.29, 0.717) is 0 Å². The predicted molar refractivity (Wildman–Crippen MR) is 86.2 cm³/mol. The third-order valence-electron chi connectivity index (χ3n) is 3.83. The Morgan fingerprint density at radius 2 is 1.76 bits per heavy atom. The van der Waals surface area contributed by atoms with Crippen LogP contribution in [0.3, 0.4) is 0 Å². The number of hydrogen-bond donors (Lipinski definition) is 2. The van der Waals surface area contributed by atoms with Gasteiger partial charge in [0.25, 0.3) is 0 Å². The van der Waals surface area contributed by atoms with Gasteiger partial charge in [-0.3, -0.25) is 0 Å². The van der Waals surface area contributed by atoms with Crippen LogP contribution in [0, 0.1) is 0 Å². The molecule has 0 saturated heterocycles. The summed E-state index contributed by atoms with van der Waals surface area (Å²) in [4.78, 5) is 0. The van der Waals surface area contributed by atoms with Gasteiger partial charge in [-0.1, -0.05) is 36.4 Å². The molecular formula is C18H20N2O. The van der Waals surface area contributed by atoms with Crippen molar-refractivity contribution in [2.24, 2.45) is 0 Å². The zero-order valence-corrected chi connectivity index (χ0v) is 12.2. The van der Waals surface area contributed by atoms with Crippen LogP contribution < -0.4 is 5.32 Å². The van der Waals surface area contributed by atoms with E-state index in [1.54, 1.807) is 0 Å². The molecule has 0 aliphatic rings. The van der Waals surface area contributed by atoms with Gasteiger partial charge in [0.1, 0.15) is 0 Å². The number of aliphatic hydroxyl groups excluding tert-OH is 1. The molecule has 1 heterocycles. The Bertz CT molecular complexity index is 729. The first-order chi connectivity index (χ1) is 10.3. The molecule has 2 aromatic carbocycles. The van der Waals surface area contributed by atoms with Gasteiger partial charge >= 0.3 is 0 Å². The van der Waals surface area contributed by atoms with Crippen molar-refractivity contribution >= 4 is 10.9 Å². The molecule has 0 amide bonds. The van der Waals surface area contributed by atoms with Crippen molar-refractivity contribution in [3.05, 3.63) is 71.4 Å². The maximum absolute atomic E-state index is 9.10. The van der Waals surface area contributed by atoms with Crippen molar-refractivity contribution in [2.45, 2.75) is 19.7 Å². The monoisotopic (exact) mass is 280 g/mol. The molecule has 2 N–H and O–H groups in total. The number of aromatic nitrogens is 1. The molecule has 3 nitrogen and oxygen atoms in total. The zero-order chi connectivity index (χ0) is 14.7. The molecule has 0 bridgehead atoms. The van der Waals surface area contributed by atoms with E-state index < -0.39 is 0 Å². The molecule has 21 heavy (non-hydrogen) atoms. The fourth-order valence-corrected chi connectivity index (χ4v) is 2.72. The summed E-state index contributed by atoms with van der Waals surface area (Å²) in [7, 11) is 1.97. The second-order valence-electron chi connectivity index (χ2n) is 5.30. The largest absolute Gasteiger partial charge is 0.392 e. The molecule has 0 atom stereocenters. The fraction of sp³-hybridized carbons (Fsp3) is 0.222. The zero-order valence-electron chi connectivity index (χ0n) is 12.2. The number of nitrogens with zero attached hydrogens (tertiary/aromatic N) is 1. The number of aliphatic hydroxyl groups is 1. The van der Waals surface area contributed by atoms with E-state index in [1.807, 2.05) is 19.2 Å². The van der Waals surface area contributed by atoms with Crippen LogP contribution in [-0.4, -0.2) is 16.7 Å². The predicted octanol–water partition coefficient (Wildman–Crippen LogP) is 2.90. The minimum Gasteiger partial charge on any atom is -0.392 e. The summed E-state index contributed by atoms with van der Waals surface area (Å²) >= 11 is 0. The lowest BCUT2D eigenvalue weighted by molar-refractivity contribution is 0.282. The molecule has 0 aliphatic carbocycles. The molecule has 0 radical (unpaired) electrons. The van der Waals surface area contributed by atoms with Crippen LogP contribution >= 0.6 is 0 Å². The second kappa shape index (κ2) is 6.12. The fourth-order valence-electron chi connectivity index (χ4n) is 2.72. The number of fused-ring (bicyclic) bond motifs is 1. The van der Waals surface area contributed by atoms with E-state index >= 15 is 0 Å². The summed E-state index contributed by atoms with van der Waals surface area (Å²) in [6.07, 6.45) is 2.14. The third-order valence-corrected chi connectivity index (χ3v) is 3.83. The highest BCUT2D eigenvalue weighted by Gasteiger charge is 2.05. The quantitative estimate of drug-likeness (QED) is 0.754. The Balaban J connectivity index is 1.91. The molecule has 0 spiro atoms. The van der Waals surface area contributed by atoms with Crippen LogP contribution in [0.2, 0.25) is 0 Å². The molecule has 3 aromatic rings. The van der Waals surface area contributed by atoms with Crippen molar-refractivity contribution in [3.8, 4) is 0 Å². The highest BCUT2D eigenvalue weighted by molar-refractivity contribution is 5.83. The number of nitrogens with one attached hydrogen (secondary N) is 1. The maximum atomic E-state index is 9.10. The molecular weight excluding hydrogens is 260 g/mol. The maximum Gasteiger partial charge on any atom is 0.0681 e. The minimum atomic E-state index is 0.0973. The van der Waals surface area contributed by atoms with E-state index in [1.165, 1.54) is 22.0 Å². The SMILES string of the molecule is CNCc1cccc2c1ccn2Cc1ccc(CO)cc1. The third kappa shape index (κ3) is 2.84. The minimum absolute atomic E-state index is 0.0973. The van der Waals surface area contributed by atoms with E-state index in [2.05, 4.69) is 52.5 Å². The number of benzene rings is 2. The second-order valence-corrected chi connectivity index (χ2v) is 5.30. The van der Waals surface area contributed by atoms with E-state index in [9.17, 15) is 0 Å². The summed E-state index contributed by atoms with van der Waals surface area (Å²) in [5.41, 5.74) is 4.77. The van der Waals surface area contributed by atoms with E-state index in [4.69, 9.17) is 5.11 Å². The van der Waals surface area contributed by atoms with Crippen LogP contribution in [0.4, 0.5) is 0 Å². The van der Waals surface area contributed by atoms with Crippen LogP contribution in [0.15, 0.2) is 54.7 Å². The topological polar surface area (TPSA) is 37.2 Å². The molecule has 0 unspecified atom stereocenters. The normalized spacial score (nSPS) is 11.1. The van der Waals surface area contributed by atoms with Crippen molar-refractivity contribution in [1.29, 1.82) is 0 Å². The Hall–Kier alpha value is -2.10. The van der Waals surface area contributed by atoms with Crippen LogP contribution in [0.1, 0.15) is 16.7 Å². The standard InChI is InChI=1S/C18H20N2O/c1-19-11-16-3-2-4-18-17(16)9-10-20(18)12-14-5-7-15(13-21)8-6-14/h2-10,19,21H,11-13H2,1H3. The van der Waals surface area contributed by atoms with E-state index in [-0.39, 0.29) is 6.61 Å². The summed E-state index contributed by atoms with van der Waals surface area (Å²) < 4.78 is 2.27. The van der Waals surface area contributed by atoms with E-state index in [0.717, 1.165) is 18.7 Å². The molecule has 108 valence electrons. The lowest BCUT2D eigenvalue weighted by atomic mass is 10.1. The van der Waals surface area contributed by atoms with Crippen molar-refractivity contribution in [3.63, 3.8) is 0 Å². The van der Waals surface area contributed by atoms with Gasteiger partial charge in [0.05, 0.1) is 6.61 Å². The molecule has 3 rings (SSSR count). The van der Waals surface area contributed by atoms with Gasteiger partial charge in [-0.15, -0.1) is 0 Å². The Morgan fingerprint density at radius 1 is 1.00 bits per heavy atom. The average molecular weight is 280 g/mol. The first-order valence-electron chi connectivity index (χ1n) is 7.22. The smallest absolute Gasteiger partial charge is 0.0681 e. The number of rotatable bonds is 5. The molecule has 1 aromatic heterocycles. The van der Waals surface area contributed by atoms with Gasteiger partial charge < -0.3 is 15.0 Å². The van der Waals surface area contributed by atoms with Crippen LogP contribution in [0.25, 0.3) is 10.9 Å². The summed E-state index contributed by atoms with van der Waals surface area (Å²) in [6.45, 7) is 1.82. The summed E-state index contributed by atoms with van der Waals surface area (Å²) in [5.74, 6) is 0. The summed E-state index contributed by atoms with van der Waals surface area (Å²) in [6, 6.07) is 16.7. The molecule has 3 heteroatoms. The highest BCUT2D eigenvalue weighted by Crippen LogP contribution is 2.21. The van der Waals surface area contributed by atoms with Gasteiger partial charge in [-0.05, 0) is 35.9 Å². The van der Waals surface area contributed by atoms with Gasteiger partial charge in [0.15, 0.2) is 0 Å². The van der Waals surface area contributed by atoms with Crippen molar-refractivity contribution in [1.82, 2.24) is 9.88 Å². The molecule has 0 fully saturated rings. The van der Waals surface area contributed by atoms with Crippen LogP contribution in [0.5, 0.6) is 0 Å². The van der Waals surface area contributed by atoms with Gasteiger partial charge in [-0.2, -0.15) is 0 Å².